The van der Waals surface area contributed by atoms with Crippen LogP contribution < -0.4 is 10.6 Å². The third kappa shape index (κ3) is 3.37. The number of ether oxygens (including phenoxy) is 1. The van der Waals surface area contributed by atoms with Gasteiger partial charge in [-0.3, -0.25) is 0 Å². The van der Waals surface area contributed by atoms with Gasteiger partial charge in [0.2, 0.25) is 0 Å². The van der Waals surface area contributed by atoms with Crippen LogP contribution in [-0.4, -0.2) is 33.3 Å². The van der Waals surface area contributed by atoms with E-state index >= 15 is 0 Å². The Bertz CT molecular complexity index is 573. The second-order valence-corrected chi connectivity index (χ2v) is 4.46. The summed E-state index contributed by atoms with van der Waals surface area (Å²) < 4.78 is 4.68. The summed E-state index contributed by atoms with van der Waals surface area (Å²) in [6.07, 6.45) is 0. The molecule has 0 atom stereocenters. The maximum Gasteiger partial charge on any atom is 0.282 e. The van der Waals surface area contributed by atoms with Crippen molar-refractivity contribution < 1.29 is 4.74 Å². The zero-order valence-electron chi connectivity index (χ0n) is 11.3. The van der Waals surface area contributed by atoms with Crippen molar-refractivity contribution in [3.05, 3.63) is 42.5 Å². The molecule has 1 aliphatic rings. The molecule has 0 amide bonds. The molecule has 19 heavy (non-hydrogen) atoms. The number of aliphatic imine (C=N–C) groups is 1. The van der Waals surface area contributed by atoms with Gasteiger partial charge in [0.1, 0.15) is 6.61 Å². The largest absolute Gasteiger partial charge is 0.463 e. The molecule has 2 aromatic carbocycles. The Morgan fingerprint density at radius 1 is 1.11 bits per heavy atom. The number of amidine groups is 1. The third-order valence-corrected chi connectivity index (χ3v) is 2.86. The Morgan fingerprint density at radius 3 is 2.42 bits per heavy atom. The number of rotatable bonds is 1. The lowest BCUT2D eigenvalue weighted by Crippen LogP contribution is -2.10. The van der Waals surface area contributed by atoms with Crippen molar-refractivity contribution in [2.75, 3.05) is 32.1 Å². The molecule has 0 unspecified atom stereocenters. The zero-order chi connectivity index (χ0) is 13.7. The van der Waals surface area contributed by atoms with E-state index in [1.807, 2.05) is 0 Å². The minimum atomic E-state index is 0.329. The van der Waals surface area contributed by atoms with Crippen molar-refractivity contribution in [2.24, 2.45) is 10.7 Å². The average molecular weight is 257 g/mol. The Balaban J connectivity index is 0.000000186. The number of benzene rings is 2. The molecule has 2 N–H and O–H groups in total. The first-order valence-electron chi connectivity index (χ1n) is 6.26. The number of nitrogens with zero attached hydrogens (tertiary/aromatic N) is 2. The molecule has 0 spiro atoms. The van der Waals surface area contributed by atoms with Gasteiger partial charge in [-0.2, -0.15) is 0 Å². The van der Waals surface area contributed by atoms with E-state index in [1.165, 1.54) is 16.5 Å². The fraction of sp³-hybridized carbons (Fsp3) is 0.267. The molecule has 0 radical (unpaired) electrons. The lowest BCUT2D eigenvalue weighted by Gasteiger charge is -2.14. The van der Waals surface area contributed by atoms with Gasteiger partial charge in [0.25, 0.3) is 6.02 Å². The highest BCUT2D eigenvalue weighted by Crippen LogP contribution is 2.24. The average Bonchev–Trinajstić information content (AvgIpc) is 2.90. The standard InChI is InChI=1S/C12H13N.C3H6N2O/c1-13(2)12-9-5-7-10-6-3-4-8-11(10)12;4-3-5-1-2-6-3/h3-9H,1-2H3;1-2H2,(H2,4,5). The van der Waals surface area contributed by atoms with Gasteiger partial charge in [0.05, 0.1) is 6.54 Å². The van der Waals surface area contributed by atoms with Crippen LogP contribution >= 0.6 is 0 Å². The van der Waals surface area contributed by atoms with Crippen molar-refractivity contribution in [3.8, 4) is 0 Å². The Hall–Kier alpha value is -2.23. The molecule has 0 aromatic heterocycles. The quantitative estimate of drug-likeness (QED) is 0.852. The van der Waals surface area contributed by atoms with Gasteiger partial charge < -0.3 is 15.4 Å². The minimum Gasteiger partial charge on any atom is -0.463 e. The molecule has 3 rings (SSSR count). The van der Waals surface area contributed by atoms with Crippen molar-refractivity contribution >= 4 is 22.5 Å². The van der Waals surface area contributed by atoms with Crippen molar-refractivity contribution in [1.29, 1.82) is 0 Å². The molecule has 0 bridgehead atoms. The van der Waals surface area contributed by atoms with Crippen LogP contribution in [0.3, 0.4) is 0 Å². The first-order valence-corrected chi connectivity index (χ1v) is 6.26. The molecule has 4 heteroatoms. The molecule has 1 heterocycles. The maximum absolute atomic E-state index is 5.06. The summed E-state index contributed by atoms with van der Waals surface area (Å²) in [4.78, 5) is 5.85. The van der Waals surface area contributed by atoms with Crippen LogP contribution in [0.15, 0.2) is 47.5 Å². The van der Waals surface area contributed by atoms with Crippen molar-refractivity contribution in [2.45, 2.75) is 0 Å². The second kappa shape index (κ2) is 6.09. The summed E-state index contributed by atoms with van der Waals surface area (Å²) in [5.74, 6) is 0. The van der Waals surface area contributed by atoms with Gasteiger partial charge in [0, 0.05) is 25.2 Å². The summed E-state index contributed by atoms with van der Waals surface area (Å²) in [5, 5.41) is 2.61. The van der Waals surface area contributed by atoms with Gasteiger partial charge in [-0.05, 0) is 11.5 Å². The third-order valence-electron chi connectivity index (χ3n) is 2.86. The number of fused-ring (bicyclic) bond motifs is 1. The fourth-order valence-corrected chi connectivity index (χ4v) is 1.95. The highest BCUT2D eigenvalue weighted by Gasteiger charge is 2.00. The second-order valence-electron chi connectivity index (χ2n) is 4.46. The highest BCUT2D eigenvalue weighted by atomic mass is 16.5. The van der Waals surface area contributed by atoms with Gasteiger partial charge in [-0.25, -0.2) is 4.99 Å². The number of hydrogen-bond acceptors (Lipinski definition) is 4. The normalized spacial score (nSPS) is 13.3. The summed E-state index contributed by atoms with van der Waals surface area (Å²) in [7, 11) is 4.14. The Morgan fingerprint density at radius 2 is 1.84 bits per heavy atom. The lowest BCUT2D eigenvalue weighted by atomic mass is 10.1. The molecule has 0 aliphatic carbocycles. The number of hydrogen-bond donors (Lipinski definition) is 1. The van der Waals surface area contributed by atoms with Crippen LogP contribution in [0, 0.1) is 0 Å². The first kappa shape index (κ1) is 13.2. The summed E-state index contributed by atoms with van der Waals surface area (Å²) in [5.41, 5.74) is 6.34. The van der Waals surface area contributed by atoms with E-state index in [1.54, 1.807) is 0 Å². The molecular weight excluding hydrogens is 238 g/mol. The molecular formula is C15H19N3O. The van der Waals surface area contributed by atoms with Gasteiger partial charge in [-0.1, -0.05) is 36.4 Å². The van der Waals surface area contributed by atoms with Crippen molar-refractivity contribution in [3.63, 3.8) is 0 Å². The van der Waals surface area contributed by atoms with Gasteiger partial charge in [0.15, 0.2) is 0 Å². The highest BCUT2D eigenvalue weighted by molar-refractivity contribution is 5.94. The van der Waals surface area contributed by atoms with Crippen LogP contribution in [-0.2, 0) is 4.74 Å². The Kier molecular flexibility index (Phi) is 4.23. The summed E-state index contributed by atoms with van der Waals surface area (Å²) >= 11 is 0. The molecule has 0 fully saturated rings. The van der Waals surface area contributed by atoms with E-state index in [-0.39, 0.29) is 0 Å². The van der Waals surface area contributed by atoms with E-state index in [0.717, 1.165) is 6.54 Å². The number of anilines is 1. The predicted octanol–water partition coefficient (Wildman–Crippen LogP) is 2.24. The molecule has 0 saturated heterocycles. The van der Waals surface area contributed by atoms with E-state index in [4.69, 9.17) is 5.73 Å². The molecule has 4 nitrogen and oxygen atoms in total. The topological polar surface area (TPSA) is 50.8 Å². The van der Waals surface area contributed by atoms with Crippen LogP contribution in [0.2, 0.25) is 0 Å². The maximum atomic E-state index is 5.06. The van der Waals surface area contributed by atoms with Crippen LogP contribution in [0.1, 0.15) is 0 Å². The summed E-state index contributed by atoms with van der Waals surface area (Å²) in [6, 6.07) is 15.2. The van der Waals surface area contributed by atoms with E-state index < -0.39 is 0 Å². The minimum absolute atomic E-state index is 0.329. The lowest BCUT2D eigenvalue weighted by molar-refractivity contribution is 0.342. The van der Waals surface area contributed by atoms with E-state index in [0.29, 0.717) is 12.6 Å². The monoisotopic (exact) mass is 257 g/mol. The zero-order valence-corrected chi connectivity index (χ0v) is 11.3. The molecule has 100 valence electrons. The van der Waals surface area contributed by atoms with Gasteiger partial charge >= 0.3 is 0 Å². The fourth-order valence-electron chi connectivity index (χ4n) is 1.95. The number of nitrogens with two attached hydrogens (primary N) is 1. The predicted molar refractivity (Wildman–Crippen MR) is 80.7 cm³/mol. The van der Waals surface area contributed by atoms with Crippen LogP contribution in [0.5, 0.6) is 0 Å². The SMILES string of the molecule is CN(C)c1cccc2ccccc12.NC1=NCCO1. The summed E-state index contributed by atoms with van der Waals surface area (Å²) in [6.45, 7) is 1.39. The first-order chi connectivity index (χ1) is 9.18. The molecule has 1 aliphatic heterocycles. The van der Waals surface area contributed by atoms with Gasteiger partial charge in [-0.15, -0.1) is 0 Å². The van der Waals surface area contributed by atoms with E-state index in [9.17, 15) is 0 Å². The smallest absolute Gasteiger partial charge is 0.282 e. The molecule has 0 saturated carbocycles. The van der Waals surface area contributed by atoms with Crippen LogP contribution in [0.4, 0.5) is 5.69 Å². The Labute approximate surface area is 113 Å². The van der Waals surface area contributed by atoms with Crippen LogP contribution in [0.25, 0.3) is 10.8 Å². The molecule has 2 aromatic rings. The van der Waals surface area contributed by atoms with E-state index in [2.05, 4.69) is 71.2 Å². The van der Waals surface area contributed by atoms with Crippen molar-refractivity contribution in [1.82, 2.24) is 0 Å².